The molecule has 0 radical (unpaired) electrons. The lowest BCUT2D eigenvalue weighted by molar-refractivity contribution is -0.143. The van der Waals surface area contributed by atoms with Gasteiger partial charge in [-0.25, -0.2) is 9.18 Å². The van der Waals surface area contributed by atoms with E-state index in [-0.39, 0.29) is 30.1 Å². The number of piperidine rings is 1. The number of hydrogen-bond acceptors (Lipinski definition) is 3. The van der Waals surface area contributed by atoms with Crippen LogP contribution in [0.2, 0.25) is 0 Å². The number of rotatable bonds is 4. The third kappa shape index (κ3) is 7.45. The maximum Gasteiger partial charge on any atom is 0.416 e. The summed E-state index contributed by atoms with van der Waals surface area (Å²) < 4.78 is 100. The van der Waals surface area contributed by atoms with Crippen LogP contribution in [0.15, 0.2) is 36.4 Å². The van der Waals surface area contributed by atoms with Gasteiger partial charge in [0.25, 0.3) is 0 Å². The van der Waals surface area contributed by atoms with Crippen molar-refractivity contribution in [2.75, 3.05) is 39.9 Å². The number of nitrogens with zero attached hydrogens (tertiary/aromatic N) is 3. The Bertz CT molecular complexity index is 1190. The highest BCUT2D eigenvalue weighted by atomic mass is 35.5. The van der Waals surface area contributed by atoms with Crippen LogP contribution in [-0.2, 0) is 17.1 Å². The molecule has 0 saturated carbocycles. The summed E-state index contributed by atoms with van der Waals surface area (Å²) in [5.74, 6) is -0.421. The van der Waals surface area contributed by atoms with E-state index in [0.717, 1.165) is 23.6 Å². The second-order valence-corrected chi connectivity index (χ2v) is 10.4. The quantitative estimate of drug-likeness (QED) is 0.342. The van der Waals surface area contributed by atoms with E-state index < -0.39 is 47.4 Å². The summed E-state index contributed by atoms with van der Waals surface area (Å²) in [5, 5.41) is 0. The molecule has 0 N–H and O–H groups in total. The van der Waals surface area contributed by atoms with Gasteiger partial charge in [-0.2, -0.15) is 26.3 Å². The summed E-state index contributed by atoms with van der Waals surface area (Å²) in [5.41, 5.74) is -1.76. The van der Waals surface area contributed by atoms with E-state index in [1.54, 1.807) is 17.9 Å². The summed E-state index contributed by atoms with van der Waals surface area (Å²) in [4.78, 5) is 18.9. The highest BCUT2D eigenvalue weighted by Crippen LogP contribution is 2.40. The second-order valence-electron chi connectivity index (χ2n) is 10.4. The minimum atomic E-state index is -5.00. The van der Waals surface area contributed by atoms with Crippen molar-refractivity contribution in [2.24, 2.45) is 0 Å². The van der Waals surface area contributed by atoms with Gasteiger partial charge in [0, 0.05) is 32.7 Å². The van der Waals surface area contributed by atoms with Crippen molar-refractivity contribution in [3.05, 3.63) is 70.0 Å². The zero-order chi connectivity index (χ0) is 29.4. The van der Waals surface area contributed by atoms with Gasteiger partial charge in [0.15, 0.2) is 0 Å². The number of halogens is 8. The van der Waals surface area contributed by atoms with Crippen LogP contribution in [-0.4, -0.2) is 66.7 Å². The predicted octanol–water partition coefficient (Wildman–Crippen LogP) is 7.24. The molecule has 2 saturated heterocycles. The Morgan fingerprint density at radius 3 is 2.10 bits per heavy atom. The van der Waals surface area contributed by atoms with Gasteiger partial charge in [-0.05, 0) is 73.7 Å². The number of carbonyl (C=O) groups excluding carboxylic acids is 1. The molecule has 2 amide bonds. The highest BCUT2D eigenvalue weighted by Gasteiger charge is 2.40. The fraction of sp³-hybridized carbons (Fsp3) is 0.536. The third-order valence-electron chi connectivity index (χ3n) is 7.95. The molecule has 228 valence electrons. The SMILES string of the molecule is Cc1cc(F)ccc1[C@H]1C[C@H](N2CCOCC2)CCN1C(=O)N(C)[C@@H](C)c1cc(C(F)(F)F)cc(C(F)(F)F)c1.Cl. The number of benzene rings is 2. The van der Waals surface area contributed by atoms with Crippen LogP contribution in [0.3, 0.4) is 0 Å². The third-order valence-corrected chi connectivity index (χ3v) is 7.95. The van der Waals surface area contributed by atoms with E-state index in [1.807, 2.05) is 0 Å². The fourth-order valence-corrected chi connectivity index (χ4v) is 5.57. The smallest absolute Gasteiger partial charge is 0.379 e. The van der Waals surface area contributed by atoms with E-state index >= 15 is 0 Å². The van der Waals surface area contributed by atoms with Gasteiger partial charge < -0.3 is 14.5 Å². The zero-order valence-electron chi connectivity index (χ0n) is 22.9. The maximum atomic E-state index is 13.9. The minimum Gasteiger partial charge on any atom is -0.379 e. The highest BCUT2D eigenvalue weighted by molar-refractivity contribution is 5.85. The van der Waals surface area contributed by atoms with Crippen molar-refractivity contribution >= 4 is 18.4 Å². The van der Waals surface area contributed by atoms with Gasteiger partial charge in [-0.3, -0.25) is 4.90 Å². The first-order valence-corrected chi connectivity index (χ1v) is 13.1. The van der Waals surface area contributed by atoms with Crippen LogP contribution >= 0.6 is 12.4 Å². The molecule has 41 heavy (non-hydrogen) atoms. The van der Waals surface area contributed by atoms with E-state index in [1.165, 1.54) is 26.1 Å². The summed E-state index contributed by atoms with van der Waals surface area (Å²) in [6.45, 7) is 6.12. The van der Waals surface area contributed by atoms with Crippen LogP contribution < -0.4 is 0 Å². The standard InChI is InChI=1S/C28H32F7N3O2.ClH/c1-17-12-22(29)4-5-24(17)25-16-23(37-8-10-40-11-9-37)6-7-38(25)26(39)36(3)18(2)19-13-20(27(30,31)32)15-21(14-19)28(33,34)35;/h4-5,12-15,18,23,25H,6-11,16H2,1-3H3;1H/t18-,23+,25+;/m0./s1. The minimum absolute atomic E-state index is 0. The van der Waals surface area contributed by atoms with Crippen molar-refractivity contribution in [1.82, 2.24) is 14.7 Å². The number of morpholine rings is 1. The second kappa shape index (κ2) is 12.7. The van der Waals surface area contributed by atoms with Gasteiger partial charge in [0.1, 0.15) is 5.82 Å². The molecule has 0 bridgehead atoms. The molecule has 4 rings (SSSR count). The lowest BCUT2D eigenvalue weighted by atomic mass is 9.88. The Hall–Kier alpha value is -2.57. The lowest BCUT2D eigenvalue weighted by Gasteiger charge is -2.46. The van der Waals surface area contributed by atoms with Crippen LogP contribution in [0.1, 0.15) is 59.7 Å². The average molecular weight is 612 g/mol. The van der Waals surface area contributed by atoms with Gasteiger partial charge in [-0.15, -0.1) is 12.4 Å². The summed E-state index contributed by atoms with van der Waals surface area (Å²) in [6.07, 6.45) is -8.82. The predicted molar refractivity (Wildman–Crippen MR) is 141 cm³/mol. The van der Waals surface area contributed by atoms with Gasteiger partial charge >= 0.3 is 18.4 Å². The first-order chi connectivity index (χ1) is 18.7. The molecule has 0 unspecified atom stereocenters. The molecule has 0 aliphatic carbocycles. The summed E-state index contributed by atoms with van der Waals surface area (Å²) in [6, 6.07) is 3.73. The van der Waals surface area contributed by atoms with Crippen molar-refractivity contribution in [2.45, 2.75) is 57.2 Å². The van der Waals surface area contributed by atoms with E-state index in [0.29, 0.717) is 50.3 Å². The van der Waals surface area contributed by atoms with Gasteiger partial charge in [-0.1, -0.05) is 6.07 Å². The molecule has 2 aromatic rings. The van der Waals surface area contributed by atoms with E-state index in [2.05, 4.69) is 4.90 Å². The van der Waals surface area contributed by atoms with E-state index in [9.17, 15) is 35.5 Å². The topological polar surface area (TPSA) is 36.0 Å². The Morgan fingerprint density at radius 2 is 1.56 bits per heavy atom. The van der Waals surface area contributed by atoms with Crippen LogP contribution in [0.5, 0.6) is 0 Å². The first-order valence-electron chi connectivity index (χ1n) is 13.1. The largest absolute Gasteiger partial charge is 0.416 e. The molecule has 0 spiro atoms. The normalized spacial score (nSPS) is 21.3. The number of amides is 2. The number of urea groups is 1. The molecule has 2 heterocycles. The molecule has 2 aromatic carbocycles. The number of likely N-dealkylation sites (tertiary alicyclic amines) is 1. The van der Waals surface area contributed by atoms with Gasteiger partial charge in [0.2, 0.25) is 0 Å². The van der Waals surface area contributed by atoms with Crippen molar-refractivity contribution in [3.8, 4) is 0 Å². The lowest BCUT2D eigenvalue weighted by Crippen LogP contribution is -2.53. The molecular formula is C28H33ClF7N3O2. The Kier molecular flexibility index (Phi) is 10.2. The Morgan fingerprint density at radius 1 is 0.976 bits per heavy atom. The zero-order valence-corrected chi connectivity index (χ0v) is 23.7. The van der Waals surface area contributed by atoms with Crippen LogP contribution in [0, 0.1) is 12.7 Å². The van der Waals surface area contributed by atoms with Crippen molar-refractivity contribution in [3.63, 3.8) is 0 Å². The van der Waals surface area contributed by atoms with E-state index in [4.69, 9.17) is 4.74 Å². The molecule has 0 aromatic heterocycles. The average Bonchev–Trinajstić information content (AvgIpc) is 2.91. The molecular weight excluding hydrogens is 579 g/mol. The molecule has 3 atom stereocenters. The molecule has 5 nitrogen and oxygen atoms in total. The first kappa shape index (κ1) is 32.9. The van der Waals surface area contributed by atoms with Gasteiger partial charge in [0.05, 0.1) is 36.4 Å². The summed E-state index contributed by atoms with van der Waals surface area (Å²) >= 11 is 0. The molecule has 13 heteroatoms. The maximum absolute atomic E-state index is 13.9. The monoisotopic (exact) mass is 611 g/mol. The number of hydrogen-bond donors (Lipinski definition) is 0. The number of ether oxygens (including phenoxy) is 1. The Balaban J connectivity index is 0.00000462. The molecule has 2 fully saturated rings. The van der Waals surface area contributed by atoms with Crippen molar-refractivity contribution < 1.29 is 40.3 Å². The number of carbonyl (C=O) groups is 1. The number of alkyl halides is 6. The Labute approximate surface area is 240 Å². The van der Waals surface area contributed by atoms with Crippen LogP contribution in [0.25, 0.3) is 0 Å². The molecule has 2 aliphatic heterocycles. The van der Waals surface area contributed by atoms with Crippen molar-refractivity contribution in [1.29, 1.82) is 0 Å². The van der Waals surface area contributed by atoms with Crippen LogP contribution in [0.4, 0.5) is 35.5 Å². The molecule has 2 aliphatic rings. The number of aryl methyl sites for hydroxylation is 1. The fourth-order valence-electron chi connectivity index (χ4n) is 5.57. The summed E-state index contributed by atoms with van der Waals surface area (Å²) in [7, 11) is 1.36.